The minimum Gasteiger partial charge on any atom is -0.508 e. The maximum atomic E-state index is 12.1. The molecule has 0 aliphatic carbocycles. The van der Waals surface area contributed by atoms with Crippen LogP contribution in [0.5, 0.6) is 5.75 Å². The zero-order valence-corrected chi connectivity index (χ0v) is 20.2. The molecular weight excluding hydrogens is 452 g/mol. The van der Waals surface area contributed by atoms with Crippen molar-refractivity contribution in [1.82, 2.24) is 25.1 Å². The number of urea groups is 1. The van der Waals surface area contributed by atoms with E-state index in [0.29, 0.717) is 25.6 Å². The largest absolute Gasteiger partial charge is 0.508 e. The fourth-order valence-electron chi connectivity index (χ4n) is 4.40. The number of phenols is 1. The summed E-state index contributed by atoms with van der Waals surface area (Å²) in [6.07, 6.45) is 0. The van der Waals surface area contributed by atoms with Gasteiger partial charge in [-0.15, -0.1) is 11.3 Å². The maximum absolute atomic E-state index is 12.1. The van der Waals surface area contributed by atoms with E-state index in [4.69, 9.17) is 14.7 Å². The Balaban J connectivity index is 1.40. The van der Waals surface area contributed by atoms with Gasteiger partial charge in [-0.05, 0) is 25.1 Å². The van der Waals surface area contributed by atoms with E-state index in [1.807, 2.05) is 24.0 Å². The number of benzene rings is 1. The van der Waals surface area contributed by atoms with E-state index in [2.05, 4.69) is 21.2 Å². The summed E-state index contributed by atoms with van der Waals surface area (Å²) in [6, 6.07) is 9.27. The van der Waals surface area contributed by atoms with Gasteiger partial charge in [0.05, 0.1) is 23.4 Å². The summed E-state index contributed by atoms with van der Waals surface area (Å²) in [6.45, 7) is 9.53. The Morgan fingerprint density at radius 3 is 2.65 bits per heavy atom. The van der Waals surface area contributed by atoms with Crippen LogP contribution in [-0.4, -0.2) is 89.9 Å². The van der Waals surface area contributed by atoms with Crippen LogP contribution < -0.4 is 10.2 Å². The highest BCUT2D eigenvalue weighted by atomic mass is 32.1. The molecule has 9 nitrogen and oxygen atoms in total. The van der Waals surface area contributed by atoms with Gasteiger partial charge < -0.3 is 25.0 Å². The lowest BCUT2D eigenvalue weighted by molar-refractivity contribution is 0.122. The molecule has 0 spiro atoms. The van der Waals surface area contributed by atoms with Crippen LogP contribution in [-0.2, 0) is 11.3 Å². The number of hydrogen-bond acceptors (Lipinski definition) is 8. The molecular formula is C24H30N6O3S. The number of rotatable bonds is 5. The Bertz CT molecular complexity index is 1150. The molecule has 180 valence electrons. The van der Waals surface area contributed by atoms with E-state index < -0.39 is 0 Å². The third-order valence-electron chi connectivity index (χ3n) is 6.19. The number of hydrogen-bond donors (Lipinski definition) is 2. The summed E-state index contributed by atoms with van der Waals surface area (Å²) >= 11 is 1.74. The predicted octanol–water partition coefficient (Wildman–Crippen LogP) is 2.75. The van der Waals surface area contributed by atoms with Crippen molar-refractivity contribution in [1.29, 1.82) is 0 Å². The summed E-state index contributed by atoms with van der Waals surface area (Å²) in [4.78, 5) is 29.7. The Morgan fingerprint density at radius 1 is 1.12 bits per heavy atom. The molecule has 2 aromatic heterocycles. The number of aromatic hydroxyl groups is 1. The third-order valence-corrected chi connectivity index (χ3v) is 7.29. The van der Waals surface area contributed by atoms with Crippen LogP contribution in [0.1, 0.15) is 11.8 Å². The molecule has 10 heteroatoms. The van der Waals surface area contributed by atoms with Gasteiger partial charge in [-0.3, -0.25) is 4.90 Å². The smallest absolute Gasteiger partial charge is 0.317 e. The summed E-state index contributed by atoms with van der Waals surface area (Å²) in [5, 5.41) is 12.8. The van der Waals surface area contributed by atoms with Gasteiger partial charge in [0.15, 0.2) is 11.6 Å². The first-order chi connectivity index (χ1) is 16.6. The number of morpholine rings is 1. The van der Waals surface area contributed by atoms with Gasteiger partial charge in [-0.1, -0.05) is 12.1 Å². The number of phenolic OH excluding ortho intramolecular Hbond substituents is 1. The van der Waals surface area contributed by atoms with Gasteiger partial charge in [-0.2, -0.15) is 0 Å². The van der Waals surface area contributed by atoms with E-state index in [1.165, 1.54) is 4.88 Å². The summed E-state index contributed by atoms with van der Waals surface area (Å²) in [7, 11) is 0. The van der Waals surface area contributed by atoms with Crippen molar-refractivity contribution in [3.8, 4) is 17.1 Å². The molecule has 0 saturated carbocycles. The van der Waals surface area contributed by atoms with Gasteiger partial charge in [0.25, 0.3) is 0 Å². The molecule has 2 N–H and O–H groups in total. The third kappa shape index (κ3) is 4.94. The fourth-order valence-corrected chi connectivity index (χ4v) is 5.55. The lowest BCUT2D eigenvalue weighted by atomic mass is 10.2. The average Bonchev–Trinajstić information content (AvgIpc) is 3.27. The zero-order chi connectivity index (χ0) is 23.5. The standard InChI is InChI=1S/C24H30N6O3S/c1-2-25-24(32)30-8-6-28(7-9-30)16-19-15-20-21(34-19)23(29-10-12-33-13-11-29)27-22(26-20)17-4-3-5-18(31)14-17/h3-5,14-15,31H,2,6-13,16H2,1H3,(H,25,32). The van der Waals surface area contributed by atoms with Gasteiger partial charge in [0.1, 0.15) is 5.75 Å². The molecule has 1 aromatic carbocycles. The average molecular weight is 483 g/mol. The molecule has 2 saturated heterocycles. The highest BCUT2D eigenvalue weighted by molar-refractivity contribution is 7.19. The lowest BCUT2D eigenvalue weighted by Gasteiger charge is -2.34. The lowest BCUT2D eigenvalue weighted by Crippen LogP contribution is -2.51. The number of anilines is 1. The van der Waals surface area contributed by atoms with E-state index in [9.17, 15) is 9.90 Å². The zero-order valence-electron chi connectivity index (χ0n) is 19.4. The molecule has 34 heavy (non-hydrogen) atoms. The number of thiophene rings is 1. The first-order valence-corrected chi connectivity index (χ1v) is 12.6. The van der Waals surface area contributed by atoms with E-state index in [1.54, 1.807) is 23.5 Å². The minimum atomic E-state index is 0.0221. The monoisotopic (exact) mass is 482 g/mol. The van der Waals surface area contributed by atoms with Crippen molar-refractivity contribution in [3.05, 3.63) is 35.2 Å². The number of fused-ring (bicyclic) bond motifs is 1. The van der Waals surface area contributed by atoms with Crippen LogP contribution in [0.15, 0.2) is 30.3 Å². The molecule has 2 aliphatic rings. The number of nitrogens with zero attached hydrogens (tertiary/aromatic N) is 5. The Morgan fingerprint density at radius 2 is 1.91 bits per heavy atom. The molecule has 5 rings (SSSR count). The summed E-state index contributed by atoms with van der Waals surface area (Å²) < 4.78 is 6.64. The second kappa shape index (κ2) is 10.1. The number of ether oxygens (including phenoxy) is 1. The molecule has 2 fully saturated rings. The highest BCUT2D eigenvalue weighted by Gasteiger charge is 2.23. The molecule has 0 radical (unpaired) electrons. The molecule has 2 amide bonds. The van der Waals surface area contributed by atoms with E-state index >= 15 is 0 Å². The molecule has 4 heterocycles. The van der Waals surface area contributed by atoms with Crippen molar-refractivity contribution in [2.75, 3.05) is 63.9 Å². The number of amides is 2. The van der Waals surface area contributed by atoms with Crippen molar-refractivity contribution in [2.45, 2.75) is 13.5 Å². The Labute approximate surface area is 203 Å². The van der Waals surface area contributed by atoms with E-state index in [-0.39, 0.29) is 11.8 Å². The molecule has 0 unspecified atom stereocenters. The number of carbonyl (C=O) groups excluding carboxylic acids is 1. The number of carbonyl (C=O) groups is 1. The maximum Gasteiger partial charge on any atom is 0.317 e. The summed E-state index contributed by atoms with van der Waals surface area (Å²) in [5.41, 5.74) is 1.72. The first-order valence-electron chi connectivity index (χ1n) is 11.8. The highest BCUT2D eigenvalue weighted by Crippen LogP contribution is 2.35. The van der Waals surface area contributed by atoms with Crippen molar-refractivity contribution >= 4 is 33.4 Å². The number of piperazine rings is 1. The molecule has 3 aromatic rings. The van der Waals surface area contributed by atoms with Gasteiger partial charge in [0, 0.05) is 62.8 Å². The Hall–Kier alpha value is -2.95. The molecule has 0 bridgehead atoms. The summed E-state index contributed by atoms with van der Waals surface area (Å²) in [5.74, 6) is 1.75. The topological polar surface area (TPSA) is 94.1 Å². The second-order valence-electron chi connectivity index (χ2n) is 8.55. The van der Waals surface area contributed by atoms with Crippen molar-refractivity contribution in [2.24, 2.45) is 0 Å². The number of aromatic nitrogens is 2. The predicted molar refractivity (Wildman–Crippen MR) is 133 cm³/mol. The normalized spacial score (nSPS) is 17.3. The van der Waals surface area contributed by atoms with Crippen LogP contribution in [0.4, 0.5) is 10.6 Å². The van der Waals surface area contributed by atoms with Crippen LogP contribution in [0.3, 0.4) is 0 Å². The van der Waals surface area contributed by atoms with E-state index in [0.717, 1.165) is 67.4 Å². The van der Waals surface area contributed by atoms with Crippen LogP contribution in [0, 0.1) is 0 Å². The van der Waals surface area contributed by atoms with Crippen LogP contribution in [0.25, 0.3) is 21.6 Å². The van der Waals surface area contributed by atoms with Gasteiger partial charge in [0.2, 0.25) is 0 Å². The SMILES string of the molecule is CCNC(=O)N1CCN(Cc2cc3nc(-c4cccc(O)c4)nc(N4CCOCC4)c3s2)CC1. The van der Waals surface area contributed by atoms with Gasteiger partial charge >= 0.3 is 6.03 Å². The van der Waals surface area contributed by atoms with Crippen LogP contribution in [0.2, 0.25) is 0 Å². The number of nitrogens with one attached hydrogen (secondary N) is 1. The molecule has 2 aliphatic heterocycles. The fraction of sp³-hybridized carbons (Fsp3) is 0.458. The van der Waals surface area contributed by atoms with Crippen molar-refractivity contribution < 1.29 is 14.6 Å². The second-order valence-corrected chi connectivity index (χ2v) is 9.68. The van der Waals surface area contributed by atoms with Crippen molar-refractivity contribution in [3.63, 3.8) is 0 Å². The molecule has 0 atom stereocenters. The van der Waals surface area contributed by atoms with Gasteiger partial charge in [-0.25, -0.2) is 14.8 Å². The minimum absolute atomic E-state index is 0.0221. The Kier molecular flexibility index (Phi) is 6.80. The van der Waals surface area contributed by atoms with Crippen LogP contribution >= 0.6 is 11.3 Å². The quantitative estimate of drug-likeness (QED) is 0.578. The first kappa shape index (κ1) is 22.8.